The van der Waals surface area contributed by atoms with Gasteiger partial charge in [0, 0.05) is 0 Å². The molecule has 0 saturated heterocycles. The molecule has 1 aromatic heterocycles. The van der Waals surface area contributed by atoms with E-state index in [0.717, 1.165) is 11.7 Å². The zero-order valence-corrected chi connectivity index (χ0v) is 13.1. The van der Waals surface area contributed by atoms with Gasteiger partial charge in [0.1, 0.15) is 17.8 Å². The molecule has 0 N–H and O–H groups in total. The summed E-state index contributed by atoms with van der Waals surface area (Å²) in [6.07, 6.45) is 10.6. The molecule has 3 aliphatic heterocycles. The van der Waals surface area contributed by atoms with Crippen LogP contribution in [0.2, 0.25) is 0 Å². The van der Waals surface area contributed by atoms with Crippen molar-refractivity contribution in [2.24, 2.45) is 15.0 Å². The molecule has 0 spiro atoms. The van der Waals surface area contributed by atoms with Gasteiger partial charge < -0.3 is 9.64 Å². The predicted molar refractivity (Wildman–Crippen MR) is 92.2 cm³/mol. The molecule has 120 valence electrons. The van der Waals surface area contributed by atoms with Crippen LogP contribution in [0.5, 0.6) is 5.75 Å². The van der Waals surface area contributed by atoms with Gasteiger partial charge in [-0.3, -0.25) is 0 Å². The monoisotopic (exact) mass is 328 g/mol. The van der Waals surface area contributed by atoms with E-state index in [9.17, 15) is 0 Å². The Kier molecular flexibility index (Phi) is 3.03. The SMILES string of the molecule is C1=CC=C2N=C3CN2c2ncnc(c2=N3)=Nc2ccccc2OC=C1. The van der Waals surface area contributed by atoms with Crippen LogP contribution >= 0.6 is 0 Å². The van der Waals surface area contributed by atoms with Gasteiger partial charge in [-0.25, -0.2) is 24.9 Å². The van der Waals surface area contributed by atoms with E-state index in [1.54, 1.807) is 6.26 Å². The topological polar surface area (TPSA) is 75.3 Å². The number of aliphatic imine (C=N–C) groups is 1. The number of anilines is 1. The van der Waals surface area contributed by atoms with Crippen LogP contribution in [0.25, 0.3) is 0 Å². The van der Waals surface area contributed by atoms with Crippen molar-refractivity contribution in [1.82, 2.24) is 9.97 Å². The second kappa shape index (κ2) is 5.48. The number of aromatic nitrogens is 2. The Morgan fingerprint density at radius 3 is 2.92 bits per heavy atom. The highest BCUT2D eigenvalue weighted by molar-refractivity contribution is 5.94. The second-order valence-electron chi connectivity index (χ2n) is 5.53. The maximum atomic E-state index is 5.69. The largest absolute Gasteiger partial charge is 0.463 e. The van der Waals surface area contributed by atoms with Crippen LogP contribution in [-0.2, 0) is 0 Å². The molecule has 0 radical (unpaired) electrons. The maximum absolute atomic E-state index is 5.69. The first-order valence-corrected chi connectivity index (χ1v) is 7.81. The minimum Gasteiger partial charge on any atom is -0.463 e. The molecule has 3 aliphatic rings. The number of benzene rings is 1. The summed E-state index contributed by atoms with van der Waals surface area (Å²) in [5.41, 5.74) is 1.17. The van der Waals surface area contributed by atoms with E-state index in [1.165, 1.54) is 6.33 Å². The molecule has 25 heavy (non-hydrogen) atoms. The van der Waals surface area contributed by atoms with Crippen molar-refractivity contribution in [3.8, 4) is 5.75 Å². The summed E-state index contributed by atoms with van der Waals surface area (Å²) >= 11 is 0. The van der Waals surface area contributed by atoms with E-state index in [4.69, 9.17) is 4.74 Å². The molecule has 5 bridgehead atoms. The summed E-state index contributed by atoms with van der Waals surface area (Å²) < 4.78 is 5.69. The molecular formula is C18H12N6O. The summed E-state index contributed by atoms with van der Waals surface area (Å²) in [6.45, 7) is 0.610. The molecule has 5 rings (SSSR count). The second-order valence-corrected chi connectivity index (χ2v) is 5.53. The van der Waals surface area contributed by atoms with Crippen molar-refractivity contribution >= 4 is 17.3 Å². The fourth-order valence-electron chi connectivity index (χ4n) is 2.82. The van der Waals surface area contributed by atoms with Crippen molar-refractivity contribution in [3.63, 3.8) is 0 Å². The third-order valence-electron chi connectivity index (χ3n) is 3.93. The van der Waals surface area contributed by atoms with E-state index < -0.39 is 0 Å². The molecule has 0 aliphatic carbocycles. The highest BCUT2D eigenvalue weighted by Crippen LogP contribution is 2.27. The summed E-state index contributed by atoms with van der Waals surface area (Å²) in [4.78, 5) is 24.5. The van der Waals surface area contributed by atoms with Crippen LogP contribution in [0.3, 0.4) is 0 Å². The van der Waals surface area contributed by atoms with Crippen molar-refractivity contribution in [2.45, 2.75) is 0 Å². The Balaban J connectivity index is 1.83. The molecule has 0 atom stereocenters. The van der Waals surface area contributed by atoms with Crippen LogP contribution in [0.1, 0.15) is 0 Å². The molecule has 7 heteroatoms. The lowest BCUT2D eigenvalue weighted by molar-refractivity contribution is 0.482. The number of ether oxygens (including phenoxy) is 1. The minimum absolute atomic E-state index is 0.497. The standard InChI is InChI=1S/C18H12N6O/c1-2-8-15-22-14-10-24(15)18-16(23-14)17(19-11-20-18)21-12-6-3-4-7-13(12)25-9-5-1/h1-9,11H,10H2. The van der Waals surface area contributed by atoms with Crippen LogP contribution in [0, 0.1) is 0 Å². The minimum atomic E-state index is 0.497. The Hall–Kier alpha value is -3.61. The van der Waals surface area contributed by atoms with Crippen molar-refractivity contribution in [1.29, 1.82) is 0 Å². The molecule has 0 unspecified atom stereocenters. The fourth-order valence-corrected chi connectivity index (χ4v) is 2.82. The van der Waals surface area contributed by atoms with E-state index in [1.807, 2.05) is 53.5 Å². The van der Waals surface area contributed by atoms with Gasteiger partial charge in [0.25, 0.3) is 0 Å². The Labute approximate surface area is 142 Å². The lowest BCUT2D eigenvalue weighted by Gasteiger charge is -2.18. The van der Waals surface area contributed by atoms with Gasteiger partial charge in [-0.1, -0.05) is 24.3 Å². The number of amidine groups is 1. The van der Waals surface area contributed by atoms with Crippen molar-refractivity contribution < 1.29 is 4.74 Å². The molecular weight excluding hydrogens is 316 g/mol. The highest BCUT2D eigenvalue weighted by atomic mass is 16.5. The van der Waals surface area contributed by atoms with Gasteiger partial charge in [-0.2, -0.15) is 0 Å². The number of hydrogen-bond acceptors (Lipinski definition) is 7. The fraction of sp³-hybridized carbons (Fsp3) is 0.0556. The normalized spacial score (nSPS) is 16.9. The first-order chi connectivity index (χ1) is 12.4. The highest BCUT2D eigenvalue weighted by Gasteiger charge is 2.28. The first-order valence-electron chi connectivity index (χ1n) is 7.81. The lowest BCUT2D eigenvalue weighted by Crippen LogP contribution is -2.41. The first kappa shape index (κ1) is 13.8. The van der Waals surface area contributed by atoms with E-state index in [0.29, 0.717) is 34.6 Å². The van der Waals surface area contributed by atoms with Crippen LogP contribution in [0.4, 0.5) is 11.5 Å². The molecule has 0 amide bonds. The Morgan fingerprint density at radius 1 is 0.960 bits per heavy atom. The summed E-state index contributed by atoms with van der Waals surface area (Å²) in [7, 11) is 0. The molecule has 0 saturated carbocycles. The van der Waals surface area contributed by atoms with E-state index in [-0.39, 0.29) is 0 Å². The number of fused-ring (bicyclic) bond motifs is 2. The maximum Gasteiger partial charge on any atom is 0.184 e. The van der Waals surface area contributed by atoms with Gasteiger partial charge in [-0.15, -0.1) is 0 Å². The number of rotatable bonds is 0. The van der Waals surface area contributed by atoms with Crippen LogP contribution in [-0.4, -0.2) is 22.3 Å². The molecule has 7 nitrogen and oxygen atoms in total. The van der Waals surface area contributed by atoms with Crippen molar-refractivity contribution in [3.05, 3.63) is 77.8 Å². The average molecular weight is 328 g/mol. The number of nitrogens with zero attached hydrogens (tertiary/aromatic N) is 6. The summed E-state index contributed by atoms with van der Waals surface area (Å²) in [5.74, 6) is 2.88. The summed E-state index contributed by atoms with van der Waals surface area (Å²) in [5, 5.41) is 0.627. The summed E-state index contributed by atoms with van der Waals surface area (Å²) in [6, 6.07) is 7.54. The average Bonchev–Trinajstić information content (AvgIpc) is 2.96. The number of para-hydroxylation sites is 2. The number of hydrogen-bond donors (Lipinski definition) is 0. The number of allylic oxidation sites excluding steroid dienone is 4. The van der Waals surface area contributed by atoms with Gasteiger partial charge in [0.15, 0.2) is 28.2 Å². The van der Waals surface area contributed by atoms with E-state index in [2.05, 4.69) is 24.9 Å². The van der Waals surface area contributed by atoms with Gasteiger partial charge in [0.05, 0.1) is 12.8 Å². The third-order valence-corrected chi connectivity index (χ3v) is 3.93. The zero-order valence-electron chi connectivity index (χ0n) is 13.1. The smallest absolute Gasteiger partial charge is 0.184 e. The Morgan fingerprint density at radius 2 is 1.92 bits per heavy atom. The lowest BCUT2D eigenvalue weighted by atomic mass is 10.3. The zero-order chi connectivity index (χ0) is 16.6. The van der Waals surface area contributed by atoms with Gasteiger partial charge in [-0.05, 0) is 24.3 Å². The predicted octanol–water partition coefficient (Wildman–Crippen LogP) is 1.58. The molecule has 1 aromatic carbocycles. The van der Waals surface area contributed by atoms with Crippen LogP contribution in [0.15, 0.2) is 82.0 Å². The Bertz CT molecular complexity index is 1110. The van der Waals surface area contributed by atoms with Crippen LogP contribution < -0.4 is 20.5 Å². The van der Waals surface area contributed by atoms with Gasteiger partial charge in [0.2, 0.25) is 0 Å². The van der Waals surface area contributed by atoms with Gasteiger partial charge >= 0.3 is 0 Å². The third kappa shape index (κ3) is 2.33. The molecule has 4 heterocycles. The molecule has 2 aromatic rings. The molecule has 0 fully saturated rings. The van der Waals surface area contributed by atoms with E-state index >= 15 is 0 Å². The quantitative estimate of drug-likeness (QED) is 0.736. The van der Waals surface area contributed by atoms with Crippen molar-refractivity contribution in [2.75, 3.05) is 11.4 Å².